The molecule has 10 aromatic carbocycles. The Kier molecular flexibility index (Phi) is 8.83. The van der Waals surface area contributed by atoms with Crippen molar-refractivity contribution in [1.29, 1.82) is 0 Å². The van der Waals surface area contributed by atoms with Crippen molar-refractivity contribution in [1.82, 2.24) is 15.0 Å². The second kappa shape index (κ2) is 15.1. The molecule has 3 nitrogen and oxygen atoms in total. The normalized spacial score (nSPS) is 11.3. The number of hydrogen-bond acceptors (Lipinski definition) is 3. The Morgan fingerprint density at radius 1 is 0.200 bits per heavy atom. The average molecular weight is 764 g/mol. The van der Waals surface area contributed by atoms with E-state index in [0.717, 1.165) is 38.6 Å². The summed E-state index contributed by atoms with van der Waals surface area (Å²) in [6.45, 7) is 0. The molecule has 0 aliphatic carbocycles. The molecule has 0 spiro atoms. The summed E-state index contributed by atoms with van der Waals surface area (Å²) in [6.07, 6.45) is 0. The Morgan fingerprint density at radius 2 is 0.600 bits per heavy atom. The highest BCUT2D eigenvalue weighted by Crippen LogP contribution is 2.47. The van der Waals surface area contributed by atoms with Gasteiger partial charge in [-0.1, -0.05) is 212 Å². The summed E-state index contributed by atoms with van der Waals surface area (Å²) >= 11 is 0. The molecule has 280 valence electrons. The fourth-order valence-corrected chi connectivity index (χ4v) is 8.81. The fourth-order valence-electron chi connectivity index (χ4n) is 8.81. The van der Waals surface area contributed by atoms with Crippen molar-refractivity contribution >= 4 is 32.3 Å². The second-order valence-electron chi connectivity index (χ2n) is 15.1. The van der Waals surface area contributed by atoms with Crippen LogP contribution in [0.3, 0.4) is 0 Å². The first-order valence-electron chi connectivity index (χ1n) is 20.4. The molecule has 1 heterocycles. The third-order valence-corrected chi connectivity index (χ3v) is 11.5. The lowest BCUT2D eigenvalue weighted by molar-refractivity contribution is 1.08. The molecule has 0 saturated heterocycles. The first-order chi connectivity index (χ1) is 29.8. The molecule has 11 aromatic rings. The molecule has 0 amide bonds. The Morgan fingerprint density at radius 3 is 1.22 bits per heavy atom. The molecule has 60 heavy (non-hydrogen) atoms. The molecule has 0 aliphatic rings. The number of aromatic nitrogens is 3. The Balaban J connectivity index is 1.13. The van der Waals surface area contributed by atoms with Gasteiger partial charge in [0.1, 0.15) is 0 Å². The lowest BCUT2D eigenvalue weighted by atomic mass is 9.84. The van der Waals surface area contributed by atoms with Crippen molar-refractivity contribution in [2.45, 2.75) is 0 Å². The summed E-state index contributed by atoms with van der Waals surface area (Å²) in [5, 5.41) is 7.07. The maximum absolute atomic E-state index is 5.29. The monoisotopic (exact) mass is 763 g/mol. The number of fused-ring (bicyclic) bond motifs is 3. The van der Waals surface area contributed by atoms with E-state index in [9.17, 15) is 0 Å². The molecule has 0 fully saturated rings. The molecule has 0 atom stereocenters. The summed E-state index contributed by atoms with van der Waals surface area (Å²) in [4.78, 5) is 15.6. The van der Waals surface area contributed by atoms with Gasteiger partial charge in [-0.3, -0.25) is 0 Å². The van der Waals surface area contributed by atoms with Gasteiger partial charge < -0.3 is 0 Å². The van der Waals surface area contributed by atoms with Crippen molar-refractivity contribution in [3.05, 3.63) is 224 Å². The van der Waals surface area contributed by atoms with Crippen molar-refractivity contribution in [2.24, 2.45) is 0 Å². The fraction of sp³-hybridized carbons (Fsp3) is 0. The van der Waals surface area contributed by atoms with E-state index in [2.05, 4.69) is 200 Å². The lowest BCUT2D eigenvalue weighted by Gasteiger charge is -2.20. The maximum Gasteiger partial charge on any atom is 0.164 e. The van der Waals surface area contributed by atoms with Gasteiger partial charge in [0, 0.05) is 16.7 Å². The van der Waals surface area contributed by atoms with E-state index >= 15 is 0 Å². The van der Waals surface area contributed by atoms with E-state index in [4.69, 9.17) is 15.0 Å². The number of hydrogen-bond donors (Lipinski definition) is 0. The van der Waals surface area contributed by atoms with E-state index in [1.54, 1.807) is 0 Å². The lowest BCUT2D eigenvalue weighted by Crippen LogP contribution is -2.01. The van der Waals surface area contributed by atoms with E-state index < -0.39 is 0 Å². The minimum absolute atomic E-state index is 0.632. The summed E-state index contributed by atoms with van der Waals surface area (Å²) in [5.41, 5.74) is 12.3. The van der Waals surface area contributed by atoms with Crippen molar-refractivity contribution in [3.63, 3.8) is 0 Å². The number of rotatable bonds is 7. The zero-order chi connectivity index (χ0) is 39.8. The van der Waals surface area contributed by atoms with Gasteiger partial charge in [0.2, 0.25) is 0 Å². The molecule has 0 saturated carbocycles. The molecule has 0 aliphatic heterocycles. The van der Waals surface area contributed by atoms with Crippen LogP contribution < -0.4 is 0 Å². The molecule has 3 heteroatoms. The first-order valence-corrected chi connectivity index (χ1v) is 20.4. The summed E-state index contributed by atoms with van der Waals surface area (Å²) in [6, 6.07) is 79.5. The van der Waals surface area contributed by atoms with Crippen LogP contribution >= 0.6 is 0 Å². The smallest absolute Gasteiger partial charge is 0.164 e. The first kappa shape index (κ1) is 35.2. The van der Waals surface area contributed by atoms with Gasteiger partial charge in [0.05, 0.1) is 0 Å². The van der Waals surface area contributed by atoms with Crippen LogP contribution in [0.4, 0.5) is 0 Å². The van der Waals surface area contributed by atoms with Crippen LogP contribution in [0, 0.1) is 0 Å². The zero-order valence-electron chi connectivity index (χ0n) is 32.7. The summed E-state index contributed by atoms with van der Waals surface area (Å²) in [7, 11) is 0. The molecule has 0 unspecified atom stereocenters. The van der Waals surface area contributed by atoms with Crippen LogP contribution in [0.1, 0.15) is 0 Å². The van der Waals surface area contributed by atoms with Gasteiger partial charge >= 0.3 is 0 Å². The third kappa shape index (κ3) is 6.21. The maximum atomic E-state index is 5.29. The van der Waals surface area contributed by atoms with Crippen LogP contribution in [0.2, 0.25) is 0 Å². The Labute approximate surface area is 349 Å². The van der Waals surface area contributed by atoms with Gasteiger partial charge in [0.25, 0.3) is 0 Å². The van der Waals surface area contributed by atoms with Crippen LogP contribution in [-0.2, 0) is 0 Å². The zero-order valence-corrected chi connectivity index (χ0v) is 32.7. The molecular formula is C57H37N3. The molecule has 0 radical (unpaired) electrons. The van der Waals surface area contributed by atoms with Crippen molar-refractivity contribution in [2.75, 3.05) is 0 Å². The molecule has 0 N–H and O–H groups in total. The van der Waals surface area contributed by atoms with Crippen LogP contribution in [-0.4, -0.2) is 15.0 Å². The highest BCUT2D eigenvalue weighted by molar-refractivity contribution is 6.24. The minimum atomic E-state index is 0.632. The molecular weight excluding hydrogens is 727 g/mol. The van der Waals surface area contributed by atoms with Gasteiger partial charge in [-0.2, -0.15) is 0 Å². The Hall–Kier alpha value is -8.01. The molecule has 1 aromatic heterocycles. The van der Waals surface area contributed by atoms with Gasteiger partial charge in [-0.15, -0.1) is 0 Å². The third-order valence-electron chi connectivity index (χ3n) is 11.5. The second-order valence-corrected chi connectivity index (χ2v) is 15.1. The topological polar surface area (TPSA) is 38.7 Å². The molecule has 11 rings (SSSR count). The standard InChI is InChI=1S/C57H37N3/c1-4-19-38(20-5-1)41-25-18-26-42(37-41)53-46-30-13-15-32-48(46)54(49-33-16-14-31-47(49)53)50-35-36-52(45-29-12-11-28-44(45)50)57-59-55(40-23-8-3-9-24-40)58-56(60-57)51-34-17-10-27-43(51)39-21-6-2-7-22-39/h1-37H. The largest absolute Gasteiger partial charge is 0.208 e. The highest BCUT2D eigenvalue weighted by Gasteiger charge is 2.21. The van der Waals surface area contributed by atoms with Gasteiger partial charge in [-0.25, -0.2) is 15.0 Å². The molecule has 0 bridgehead atoms. The van der Waals surface area contributed by atoms with E-state index in [0.29, 0.717) is 17.5 Å². The van der Waals surface area contributed by atoms with E-state index in [1.807, 2.05) is 24.3 Å². The SMILES string of the molecule is c1ccc(-c2cccc(-c3c4ccccc4c(-c4ccc(-c5nc(-c6ccccc6)nc(-c6ccccc6-c6ccccc6)n5)c5ccccc45)c4ccccc34)c2)cc1. The quantitative estimate of drug-likeness (QED) is 0.152. The van der Waals surface area contributed by atoms with Crippen molar-refractivity contribution in [3.8, 4) is 78.7 Å². The number of nitrogens with zero attached hydrogens (tertiary/aromatic N) is 3. The summed E-state index contributed by atoms with van der Waals surface area (Å²) in [5.74, 6) is 1.90. The summed E-state index contributed by atoms with van der Waals surface area (Å²) < 4.78 is 0. The predicted octanol–water partition coefficient (Wildman–Crippen LogP) is 15.0. The van der Waals surface area contributed by atoms with E-state index in [1.165, 1.54) is 54.9 Å². The average Bonchev–Trinajstić information content (AvgIpc) is 3.33. The van der Waals surface area contributed by atoms with Crippen molar-refractivity contribution < 1.29 is 0 Å². The van der Waals surface area contributed by atoms with E-state index in [-0.39, 0.29) is 0 Å². The highest BCUT2D eigenvalue weighted by atomic mass is 15.0. The minimum Gasteiger partial charge on any atom is -0.208 e. The van der Waals surface area contributed by atoms with Crippen LogP contribution in [0.5, 0.6) is 0 Å². The van der Waals surface area contributed by atoms with Crippen LogP contribution in [0.15, 0.2) is 224 Å². The van der Waals surface area contributed by atoms with Gasteiger partial charge in [0.15, 0.2) is 17.5 Å². The van der Waals surface area contributed by atoms with Crippen LogP contribution in [0.25, 0.3) is 111 Å². The Bertz CT molecular complexity index is 3300. The predicted molar refractivity (Wildman–Crippen MR) is 250 cm³/mol. The number of benzene rings is 10. The van der Waals surface area contributed by atoms with Gasteiger partial charge in [-0.05, 0) is 89.0 Å².